The number of nitrogens with zero attached hydrogens (tertiary/aromatic N) is 1. The number of methoxy groups -OCH3 is 2. The minimum absolute atomic E-state index is 0.0488. The van der Waals surface area contributed by atoms with E-state index in [9.17, 15) is 13.2 Å². The third-order valence-corrected chi connectivity index (χ3v) is 6.98. The first-order valence-electron chi connectivity index (χ1n) is 10.1. The Morgan fingerprint density at radius 2 is 1.64 bits per heavy atom. The second kappa shape index (κ2) is 10.6. The molecule has 0 atom stereocenters. The lowest BCUT2D eigenvalue weighted by atomic mass is 10.2. The van der Waals surface area contributed by atoms with Crippen molar-refractivity contribution in [3.63, 3.8) is 0 Å². The van der Waals surface area contributed by atoms with Crippen molar-refractivity contribution in [1.29, 1.82) is 0 Å². The number of hydrogen-bond acceptors (Lipinski definition) is 5. The molecular weight excluding hydrogens is 464 g/mol. The maximum absolute atomic E-state index is 13.6. The van der Waals surface area contributed by atoms with Crippen molar-refractivity contribution in [2.75, 3.05) is 25.1 Å². The molecule has 0 spiro atoms. The first-order valence-corrected chi connectivity index (χ1v) is 11.9. The maximum Gasteiger partial charge on any atom is 0.264 e. The van der Waals surface area contributed by atoms with Gasteiger partial charge >= 0.3 is 0 Å². The van der Waals surface area contributed by atoms with Crippen molar-refractivity contribution in [1.82, 2.24) is 5.32 Å². The third-order valence-electron chi connectivity index (χ3n) is 4.97. The van der Waals surface area contributed by atoms with Crippen LogP contribution in [0.1, 0.15) is 11.1 Å². The molecule has 33 heavy (non-hydrogen) atoms. The summed E-state index contributed by atoms with van der Waals surface area (Å²) in [5.74, 6) is 0.393. The summed E-state index contributed by atoms with van der Waals surface area (Å²) in [5, 5.41) is 3.07. The van der Waals surface area contributed by atoms with E-state index in [-0.39, 0.29) is 22.9 Å². The highest BCUT2D eigenvalue weighted by Gasteiger charge is 2.29. The first-order chi connectivity index (χ1) is 15.8. The quantitative estimate of drug-likeness (QED) is 0.488. The lowest BCUT2D eigenvalue weighted by Crippen LogP contribution is -2.41. The number of halogens is 1. The predicted octanol–water partition coefficient (Wildman–Crippen LogP) is 4.18. The summed E-state index contributed by atoms with van der Waals surface area (Å²) in [6.07, 6.45) is 0. The Morgan fingerprint density at radius 1 is 0.970 bits per heavy atom. The van der Waals surface area contributed by atoms with Gasteiger partial charge in [0, 0.05) is 17.1 Å². The molecule has 0 aromatic heterocycles. The predicted molar refractivity (Wildman–Crippen MR) is 129 cm³/mol. The van der Waals surface area contributed by atoms with Gasteiger partial charge in [-0.2, -0.15) is 0 Å². The fraction of sp³-hybridized carbons (Fsp3) is 0.208. The highest BCUT2D eigenvalue weighted by molar-refractivity contribution is 7.92. The van der Waals surface area contributed by atoms with E-state index in [1.165, 1.54) is 25.3 Å². The molecule has 174 valence electrons. The van der Waals surface area contributed by atoms with E-state index in [4.69, 9.17) is 21.1 Å². The molecule has 0 aliphatic rings. The fourth-order valence-corrected chi connectivity index (χ4v) is 4.81. The Bertz CT molecular complexity index is 1230. The molecule has 0 heterocycles. The maximum atomic E-state index is 13.6. The summed E-state index contributed by atoms with van der Waals surface area (Å²) in [6, 6.07) is 18.3. The van der Waals surface area contributed by atoms with Crippen molar-refractivity contribution in [2.45, 2.75) is 18.4 Å². The van der Waals surface area contributed by atoms with Gasteiger partial charge < -0.3 is 14.8 Å². The van der Waals surface area contributed by atoms with Gasteiger partial charge in [-0.1, -0.05) is 47.5 Å². The largest absolute Gasteiger partial charge is 0.496 e. The molecule has 0 unspecified atom stereocenters. The molecule has 0 saturated heterocycles. The molecule has 0 saturated carbocycles. The highest BCUT2D eigenvalue weighted by atomic mass is 35.5. The van der Waals surface area contributed by atoms with E-state index in [1.54, 1.807) is 37.4 Å². The van der Waals surface area contributed by atoms with Gasteiger partial charge in [0.1, 0.15) is 18.0 Å². The van der Waals surface area contributed by atoms with E-state index in [0.717, 1.165) is 15.4 Å². The highest BCUT2D eigenvalue weighted by Crippen LogP contribution is 2.34. The number of benzene rings is 3. The summed E-state index contributed by atoms with van der Waals surface area (Å²) >= 11 is 6.15. The van der Waals surface area contributed by atoms with E-state index in [2.05, 4.69) is 5.32 Å². The van der Waals surface area contributed by atoms with Gasteiger partial charge in [0.2, 0.25) is 5.91 Å². The average Bonchev–Trinajstić information content (AvgIpc) is 2.81. The molecule has 0 radical (unpaired) electrons. The standard InChI is InChI=1S/C24H25ClN2O5S/c1-17-8-11-20(12-9-17)33(29,30)27(21-14-19(25)10-13-23(21)32-3)16-24(28)26-15-18-6-4-5-7-22(18)31-2/h4-14H,15-16H2,1-3H3,(H,26,28). The van der Waals surface area contributed by atoms with Crippen LogP contribution in [-0.2, 0) is 21.4 Å². The van der Waals surface area contributed by atoms with Gasteiger partial charge in [-0.15, -0.1) is 0 Å². The third kappa shape index (κ3) is 5.77. The van der Waals surface area contributed by atoms with Crippen LogP contribution in [0.4, 0.5) is 5.69 Å². The van der Waals surface area contributed by atoms with Crippen molar-refractivity contribution < 1.29 is 22.7 Å². The number of carbonyl (C=O) groups excluding carboxylic acids is 1. The number of nitrogens with one attached hydrogen (secondary N) is 1. The molecule has 0 aliphatic carbocycles. The van der Waals surface area contributed by atoms with Crippen molar-refractivity contribution in [3.05, 3.63) is 82.9 Å². The first kappa shape index (κ1) is 24.4. The molecule has 3 aromatic carbocycles. The zero-order valence-electron chi connectivity index (χ0n) is 18.5. The number of rotatable bonds is 9. The van der Waals surface area contributed by atoms with E-state index >= 15 is 0 Å². The van der Waals surface area contributed by atoms with Crippen LogP contribution in [0.15, 0.2) is 71.6 Å². The number of hydrogen-bond donors (Lipinski definition) is 1. The number of anilines is 1. The molecule has 0 aliphatic heterocycles. The van der Waals surface area contributed by atoms with Gasteiger partial charge in [0.15, 0.2) is 0 Å². The molecule has 0 bridgehead atoms. The topological polar surface area (TPSA) is 84.9 Å². The van der Waals surface area contributed by atoms with E-state index < -0.39 is 22.5 Å². The minimum Gasteiger partial charge on any atom is -0.496 e. The molecule has 3 rings (SSSR count). The molecule has 1 amide bonds. The van der Waals surface area contributed by atoms with E-state index in [0.29, 0.717) is 10.8 Å². The van der Waals surface area contributed by atoms with Crippen LogP contribution in [0, 0.1) is 6.92 Å². The van der Waals surface area contributed by atoms with Crippen LogP contribution in [0.3, 0.4) is 0 Å². The summed E-state index contributed by atoms with van der Waals surface area (Å²) in [6.45, 7) is 1.56. The Kier molecular flexibility index (Phi) is 7.84. The molecular formula is C24H25ClN2O5S. The second-order valence-corrected chi connectivity index (χ2v) is 9.53. The molecule has 0 fully saturated rings. The summed E-state index contributed by atoms with van der Waals surface area (Å²) in [5.41, 5.74) is 1.84. The molecule has 3 aromatic rings. The average molecular weight is 489 g/mol. The Labute approximate surface area is 198 Å². The number of amides is 1. The Hall–Kier alpha value is -3.23. The Balaban J connectivity index is 1.94. The van der Waals surface area contributed by atoms with Crippen LogP contribution < -0.4 is 19.1 Å². The summed E-state index contributed by atoms with van der Waals surface area (Å²) < 4.78 is 38.8. The number of aryl methyl sites for hydroxylation is 1. The van der Waals surface area contributed by atoms with E-state index in [1.807, 2.05) is 25.1 Å². The number of ether oxygens (including phenoxy) is 2. The smallest absolute Gasteiger partial charge is 0.264 e. The molecule has 9 heteroatoms. The van der Waals surface area contributed by atoms with Crippen LogP contribution in [0.2, 0.25) is 5.02 Å². The number of para-hydroxylation sites is 1. The van der Waals surface area contributed by atoms with Crippen molar-refractivity contribution >= 4 is 33.2 Å². The molecule has 7 nitrogen and oxygen atoms in total. The second-order valence-electron chi connectivity index (χ2n) is 7.23. The van der Waals surface area contributed by atoms with Gasteiger partial charge in [-0.25, -0.2) is 8.42 Å². The van der Waals surface area contributed by atoms with Crippen LogP contribution >= 0.6 is 11.6 Å². The van der Waals surface area contributed by atoms with Gasteiger partial charge in [0.25, 0.3) is 10.0 Å². The lowest BCUT2D eigenvalue weighted by molar-refractivity contribution is -0.119. The van der Waals surface area contributed by atoms with Crippen LogP contribution in [-0.4, -0.2) is 35.1 Å². The van der Waals surface area contributed by atoms with Crippen LogP contribution in [0.25, 0.3) is 0 Å². The molecule has 1 N–H and O–H groups in total. The van der Waals surface area contributed by atoms with Crippen LogP contribution in [0.5, 0.6) is 11.5 Å². The fourth-order valence-electron chi connectivity index (χ4n) is 3.22. The minimum atomic E-state index is -4.10. The number of carbonyl (C=O) groups is 1. The zero-order valence-corrected chi connectivity index (χ0v) is 20.1. The van der Waals surface area contributed by atoms with Crippen molar-refractivity contribution in [2.24, 2.45) is 0 Å². The lowest BCUT2D eigenvalue weighted by Gasteiger charge is -2.26. The summed E-state index contributed by atoms with van der Waals surface area (Å²) in [7, 11) is -1.14. The van der Waals surface area contributed by atoms with Gasteiger partial charge in [0.05, 0.1) is 24.8 Å². The Morgan fingerprint density at radius 3 is 2.30 bits per heavy atom. The normalized spacial score (nSPS) is 11.0. The van der Waals surface area contributed by atoms with Gasteiger partial charge in [-0.3, -0.25) is 9.10 Å². The summed E-state index contributed by atoms with van der Waals surface area (Å²) in [4.78, 5) is 12.9. The van der Waals surface area contributed by atoms with Crippen molar-refractivity contribution in [3.8, 4) is 11.5 Å². The monoisotopic (exact) mass is 488 g/mol. The number of sulfonamides is 1. The SMILES string of the molecule is COc1ccccc1CNC(=O)CN(c1cc(Cl)ccc1OC)S(=O)(=O)c1ccc(C)cc1. The zero-order chi connectivity index (χ0) is 24.0. The van der Waals surface area contributed by atoms with Gasteiger partial charge in [-0.05, 0) is 43.3 Å².